The zero-order chi connectivity index (χ0) is 30.6. The minimum absolute atomic E-state index is 0.108. The Morgan fingerprint density at radius 1 is 0.690 bits per heavy atom. The Labute approximate surface area is 243 Å². The molecule has 8 nitrogen and oxygen atoms in total. The molecule has 216 valence electrons. The number of aromatic nitrogens is 1. The highest BCUT2D eigenvalue weighted by Gasteiger charge is 2.28. The zero-order valence-corrected chi connectivity index (χ0v) is 24.4. The summed E-state index contributed by atoms with van der Waals surface area (Å²) in [6.07, 6.45) is 4.53. The number of nitrogens with zero attached hydrogens (tertiary/aromatic N) is 2. The topological polar surface area (TPSA) is 147 Å². The van der Waals surface area contributed by atoms with E-state index in [1.807, 2.05) is 39.8 Å². The number of aromatic hydroxyl groups is 6. The van der Waals surface area contributed by atoms with Crippen molar-refractivity contribution in [2.45, 2.75) is 53.4 Å². The molecule has 42 heavy (non-hydrogen) atoms. The molecule has 0 aliphatic carbocycles. The van der Waals surface area contributed by atoms with E-state index in [0.717, 1.165) is 0 Å². The Hall–Kier alpha value is -4.98. The number of aliphatic imine (C=N–C) groups is 1. The number of aryl methyl sites for hydroxylation is 2. The van der Waals surface area contributed by atoms with Gasteiger partial charge in [0.1, 0.15) is 11.5 Å². The van der Waals surface area contributed by atoms with E-state index >= 15 is 0 Å². The molecule has 1 aromatic heterocycles. The normalized spacial score (nSPS) is 12.0. The molecular weight excluding hydrogens is 532 g/mol. The fourth-order valence-electron chi connectivity index (χ4n) is 5.94. The van der Waals surface area contributed by atoms with Crippen molar-refractivity contribution in [3.8, 4) is 45.6 Å². The lowest BCUT2D eigenvalue weighted by molar-refractivity contribution is 0.398. The van der Waals surface area contributed by atoms with E-state index in [9.17, 15) is 30.6 Å². The van der Waals surface area contributed by atoms with E-state index in [1.54, 1.807) is 38.4 Å². The van der Waals surface area contributed by atoms with Crippen LogP contribution < -0.4 is 0 Å². The summed E-state index contributed by atoms with van der Waals surface area (Å²) in [5, 5.41) is 68.7. The lowest BCUT2D eigenvalue weighted by Crippen LogP contribution is -2.00. The Bertz CT molecular complexity index is 1910. The molecule has 4 aromatic carbocycles. The molecule has 0 saturated carbocycles. The highest BCUT2D eigenvalue weighted by Crippen LogP contribution is 2.53. The number of pyridine rings is 1. The Morgan fingerprint density at radius 2 is 1.29 bits per heavy atom. The molecule has 0 unspecified atom stereocenters. The second-order valence-electron chi connectivity index (χ2n) is 11.3. The molecule has 0 saturated heterocycles. The van der Waals surface area contributed by atoms with Gasteiger partial charge in [0.25, 0.3) is 0 Å². The molecule has 8 heteroatoms. The van der Waals surface area contributed by atoms with Crippen molar-refractivity contribution in [2.24, 2.45) is 4.99 Å². The Kier molecular flexibility index (Phi) is 7.10. The molecule has 0 radical (unpaired) electrons. The third-order valence-electron chi connectivity index (χ3n) is 7.79. The largest absolute Gasteiger partial charge is 0.507 e. The van der Waals surface area contributed by atoms with Crippen LogP contribution >= 0.6 is 0 Å². The average Bonchev–Trinajstić information content (AvgIpc) is 2.92. The van der Waals surface area contributed by atoms with Gasteiger partial charge < -0.3 is 30.6 Å². The number of hydrogen-bond donors (Lipinski definition) is 6. The summed E-state index contributed by atoms with van der Waals surface area (Å²) in [5.41, 5.74) is 3.50. The van der Waals surface area contributed by atoms with E-state index in [4.69, 9.17) is 0 Å². The molecule has 1 heterocycles. The van der Waals surface area contributed by atoms with Gasteiger partial charge in [0, 0.05) is 45.4 Å². The van der Waals surface area contributed by atoms with Gasteiger partial charge in [0.15, 0.2) is 23.0 Å². The summed E-state index contributed by atoms with van der Waals surface area (Å²) in [6, 6.07) is 8.40. The summed E-state index contributed by atoms with van der Waals surface area (Å²) in [4.78, 5) is 8.47. The first-order valence-electron chi connectivity index (χ1n) is 13.7. The second kappa shape index (κ2) is 10.4. The molecule has 0 aliphatic rings. The van der Waals surface area contributed by atoms with Gasteiger partial charge in [0.05, 0.1) is 17.4 Å². The summed E-state index contributed by atoms with van der Waals surface area (Å²) in [5.74, 6) is -2.03. The lowest BCUT2D eigenvalue weighted by Gasteiger charge is -2.22. The van der Waals surface area contributed by atoms with Gasteiger partial charge in [-0.2, -0.15) is 0 Å². The van der Waals surface area contributed by atoms with Crippen molar-refractivity contribution < 1.29 is 30.6 Å². The highest BCUT2D eigenvalue weighted by atomic mass is 16.3. The van der Waals surface area contributed by atoms with E-state index in [1.165, 1.54) is 12.3 Å². The van der Waals surface area contributed by atoms with E-state index in [2.05, 4.69) is 9.98 Å². The Morgan fingerprint density at radius 3 is 1.88 bits per heavy atom. The summed E-state index contributed by atoms with van der Waals surface area (Å²) < 4.78 is 0. The molecule has 0 bridgehead atoms. The average molecular weight is 567 g/mol. The zero-order valence-electron chi connectivity index (χ0n) is 24.4. The van der Waals surface area contributed by atoms with Crippen LogP contribution in [0.4, 0.5) is 5.69 Å². The van der Waals surface area contributed by atoms with Crippen LogP contribution in [0, 0.1) is 13.8 Å². The summed E-state index contributed by atoms with van der Waals surface area (Å²) >= 11 is 0. The third-order valence-corrected chi connectivity index (χ3v) is 7.79. The highest BCUT2D eigenvalue weighted by molar-refractivity contribution is 6.13. The maximum absolute atomic E-state index is 12.0. The lowest BCUT2D eigenvalue weighted by atomic mass is 9.84. The second-order valence-corrected chi connectivity index (χ2v) is 11.3. The standard InChI is InChI=1S/C34H34N2O6/c1-15(2)25-20-10-17(5)27(30(38)21(20)12-24(37)32(25)40)28-18(6)11-22-26(16(3)4)34(42)31(39)23(29(22)33(28)41)14-36-19-8-7-9-35-13-19/h7-16,37-42H,1-6H3/b36-14+. The quantitative estimate of drug-likeness (QED) is 0.0936. The minimum atomic E-state index is -0.426. The predicted octanol–water partition coefficient (Wildman–Crippen LogP) is 7.90. The number of phenolic OH excluding ortho intramolecular Hbond substituents is 6. The number of fused-ring (bicyclic) bond motifs is 2. The van der Waals surface area contributed by atoms with E-state index in [-0.39, 0.29) is 51.5 Å². The maximum Gasteiger partial charge on any atom is 0.167 e. The van der Waals surface area contributed by atoms with Gasteiger partial charge in [-0.1, -0.05) is 39.8 Å². The van der Waals surface area contributed by atoms with Crippen molar-refractivity contribution in [3.05, 3.63) is 70.5 Å². The first-order valence-corrected chi connectivity index (χ1v) is 13.7. The fourth-order valence-corrected chi connectivity index (χ4v) is 5.94. The van der Waals surface area contributed by atoms with Crippen LogP contribution in [0.5, 0.6) is 34.5 Å². The van der Waals surface area contributed by atoms with Gasteiger partial charge in [-0.25, -0.2) is 0 Å². The van der Waals surface area contributed by atoms with Gasteiger partial charge in [-0.3, -0.25) is 9.98 Å². The van der Waals surface area contributed by atoms with Crippen molar-refractivity contribution in [2.75, 3.05) is 0 Å². The maximum atomic E-state index is 12.0. The van der Waals surface area contributed by atoms with Crippen LogP contribution in [-0.2, 0) is 0 Å². The molecule has 0 atom stereocenters. The number of rotatable bonds is 5. The first kappa shape index (κ1) is 28.5. The number of benzene rings is 4. The first-order chi connectivity index (χ1) is 19.8. The van der Waals surface area contributed by atoms with Crippen LogP contribution in [0.3, 0.4) is 0 Å². The monoisotopic (exact) mass is 566 g/mol. The van der Waals surface area contributed by atoms with Gasteiger partial charge in [-0.05, 0) is 65.8 Å². The fraction of sp³-hybridized carbons (Fsp3) is 0.235. The molecule has 0 amide bonds. The molecule has 6 N–H and O–H groups in total. The smallest absolute Gasteiger partial charge is 0.167 e. The summed E-state index contributed by atoms with van der Waals surface area (Å²) in [7, 11) is 0. The molecule has 0 fully saturated rings. The Balaban J connectivity index is 1.91. The molecular formula is C34H34N2O6. The minimum Gasteiger partial charge on any atom is -0.507 e. The van der Waals surface area contributed by atoms with Crippen molar-refractivity contribution in [1.29, 1.82) is 0 Å². The van der Waals surface area contributed by atoms with E-state index in [0.29, 0.717) is 55.2 Å². The number of phenols is 6. The molecule has 0 aliphatic heterocycles. The molecule has 5 aromatic rings. The predicted molar refractivity (Wildman–Crippen MR) is 166 cm³/mol. The van der Waals surface area contributed by atoms with Gasteiger partial charge in [-0.15, -0.1) is 0 Å². The third kappa shape index (κ3) is 4.40. The SMILES string of the molecule is Cc1cc2c(C(C)C)c(O)c(O)cc2c(O)c1-c1c(C)cc2c(C(C)C)c(O)c(O)c(/C=N/c3cccnc3)c2c1O. The van der Waals surface area contributed by atoms with Gasteiger partial charge >= 0.3 is 0 Å². The van der Waals surface area contributed by atoms with Crippen molar-refractivity contribution in [1.82, 2.24) is 4.98 Å². The van der Waals surface area contributed by atoms with E-state index < -0.39 is 5.75 Å². The van der Waals surface area contributed by atoms with Crippen LogP contribution in [0.15, 0.2) is 47.7 Å². The molecule has 5 rings (SSSR count). The number of hydrogen-bond acceptors (Lipinski definition) is 8. The van der Waals surface area contributed by atoms with Crippen LogP contribution in [0.25, 0.3) is 32.7 Å². The summed E-state index contributed by atoms with van der Waals surface area (Å²) in [6.45, 7) is 11.1. The van der Waals surface area contributed by atoms with Gasteiger partial charge in [0.2, 0.25) is 0 Å². The molecule has 0 spiro atoms. The van der Waals surface area contributed by atoms with Crippen LogP contribution in [0.1, 0.15) is 67.3 Å². The van der Waals surface area contributed by atoms with Crippen LogP contribution in [-0.4, -0.2) is 41.8 Å². The van der Waals surface area contributed by atoms with Crippen molar-refractivity contribution in [3.63, 3.8) is 0 Å². The van der Waals surface area contributed by atoms with Crippen LogP contribution in [0.2, 0.25) is 0 Å². The van der Waals surface area contributed by atoms with Crippen molar-refractivity contribution >= 4 is 33.4 Å².